The van der Waals surface area contributed by atoms with Crippen molar-refractivity contribution in [2.75, 3.05) is 11.5 Å². The van der Waals surface area contributed by atoms with Crippen LogP contribution in [0.15, 0.2) is 0 Å². The van der Waals surface area contributed by atoms with E-state index >= 15 is 0 Å². The molecule has 12 heavy (non-hydrogen) atoms. The van der Waals surface area contributed by atoms with Crippen LogP contribution in [0.3, 0.4) is 0 Å². The summed E-state index contributed by atoms with van der Waals surface area (Å²) in [5, 5.41) is 16.4. The van der Waals surface area contributed by atoms with Crippen molar-refractivity contribution in [1.82, 2.24) is 0 Å². The minimum atomic E-state index is -0.840. The average Bonchev–Trinajstić information content (AvgIpc) is 1.85. The van der Waals surface area contributed by atoms with Crippen LogP contribution < -0.4 is 0 Å². The molecule has 0 heterocycles. The number of carboxylic acid groups (broad SMARTS) is 2. The van der Waals surface area contributed by atoms with Gasteiger partial charge in [-0.05, 0) is 0 Å². The third kappa shape index (κ3) is 13.5. The SMILES string of the molecule is O=C(O)CCSCCC(=O)O.[KH]. The summed E-state index contributed by atoms with van der Waals surface area (Å²) in [6.45, 7) is 0. The first-order chi connectivity index (χ1) is 5.13. The van der Waals surface area contributed by atoms with Crippen LogP contribution >= 0.6 is 11.8 Å². The van der Waals surface area contributed by atoms with E-state index in [1.54, 1.807) is 0 Å². The monoisotopic (exact) mass is 218 g/mol. The molecule has 4 nitrogen and oxygen atoms in total. The number of rotatable bonds is 6. The van der Waals surface area contributed by atoms with Crippen LogP contribution in [0.2, 0.25) is 0 Å². The number of aliphatic carboxylic acids is 2. The molecule has 0 fully saturated rings. The third-order valence-electron chi connectivity index (χ3n) is 0.921. The van der Waals surface area contributed by atoms with Gasteiger partial charge in [-0.3, -0.25) is 9.59 Å². The van der Waals surface area contributed by atoms with Gasteiger partial charge in [0.25, 0.3) is 0 Å². The first kappa shape index (κ1) is 15.4. The molecule has 0 bridgehead atoms. The van der Waals surface area contributed by atoms with Gasteiger partial charge in [0, 0.05) is 11.5 Å². The van der Waals surface area contributed by atoms with Crippen LogP contribution in [0.25, 0.3) is 0 Å². The molecular weight excluding hydrogens is 207 g/mol. The maximum absolute atomic E-state index is 9.97. The van der Waals surface area contributed by atoms with E-state index in [0.717, 1.165) is 0 Å². The summed E-state index contributed by atoms with van der Waals surface area (Å²) in [5.41, 5.74) is 0. The van der Waals surface area contributed by atoms with E-state index in [2.05, 4.69) is 0 Å². The van der Waals surface area contributed by atoms with E-state index in [0.29, 0.717) is 11.5 Å². The molecule has 0 aliphatic heterocycles. The Morgan fingerprint density at radius 3 is 1.58 bits per heavy atom. The molecule has 2 N–H and O–H groups in total. The fourth-order valence-corrected chi connectivity index (χ4v) is 1.26. The van der Waals surface area contributed by atoms with Gasteiger partial charge in [0.1, 0.15) is 0 Å². The molecule has 0 amide bonds. The molecule has 6 heteroatoms. The van der Waals surface area contributed by atoms with Crippen molar-refractivity contribution in [1.29, 1.82) is 0 Å². The van der Waals surface area contributed by atoms with Gasteiger partial charge in [0.2, 0.25) is 0 Å². The predicted octanol–water partition coefficient (Wildman–Crippen LogP) is 0.0205. The van der Waals surface area contributed by atoms with Crippen LogP contribution in [0.5, 0.6) is 0 Å². The second-order valence-corrected chi connectivity index (χ2v) is 3.12. The Morgan fingerprint density at radius 2 is 1.33 bits per heavy atom. The third-order valence-corrected chi connectivity index (χ3v) is 1.91. The molecule has 66 valence electrons. The molecule has 0 radical (unpaired) electrons. The predicted molar refractivity (Wildman–Crippen MR) is 49.0 cm³/mol. The van der Waals surface area contributed by atoms with Gasteiger partial charge in [-0.1, -0.05) is 0 Å². The number of carboxylic acids is 2. The van der Waals surface area contributed by atoms with Crippen LogP contribution in [0.1, 0.15) is 12.8 Å². The molecule has 0 spiro atoms. The van der Waals surface area contributed by atoms with Crippen LogP contribution in [-0.2, 0) is 9.59 Å². The summed E-state index contributed by atoms with van der Waals surface area (Å²) in [4.78, 5) is 19.9. The Balaban J connectivity index is 0. The topological polar surface area (TPSA) is 74.6 Å². The number of hydrogen-bond acceptors (Lipinski definition) is 3. The van der Waals surface area contributed by atoms with Crippen molar-refractivity contribution in [2.24, 2.45) is 0 Å². The van der Waals surface area contributed by atoms with Crippen molar-refractivity contribution in [3.05, 3.63) is 0 Å². The molecule has 0 unspecified atom stereocenters. The number of carbonyl (C=O) groups is 2. The van der Waals surface area contributed by atoms with Gasteiger partial charge in [0.15, 0.2) is 0 Å². The molecule has 0 aromatic rings. The van der Waals surface area contributed by atoms with Gasteiger partial charge in [-0.2, -0.15) is 11.8 Å². The zero-order valence-electron chi connectivity index (χ0n) is 5.95. The van der Waals surface area contributed by atoms with Gasteiger partial charge in [-0.15, -0.1) is 0 Å². The Hall–Kier alpha value is 0.926. The van der Waals surface area contributed by atoms with Gasteiger partial charge >= 0.3 is 63.3 Å². The normalized spacial score (nSPS) is 8.67. The Kier molecular flexibility index (Phi) is 12.8. The van der Waals surface area contributed by atoms with Crippen molar-refractivity contribution in [3.8, 4) is 0 Å². The first-order valence-corrected chi connectivity index (χ1v) is 4.29. The van der Waals surface area contributed by atoms with Crippen molar-refractivity contribution in [2.45, 2.75) is 12.8 Å². The van der Waals surface area contributed by atoms with Crippen molar-refractivity contribution >= 4 is 75.1 Å². The van der Waals surface area contributed by atoms with Crippen molar-refractivity contribution < 1.29 is 19.8 Å². The summed E-state index contributed by atoms with van der Waals surface area (Å²) >= 11 is 1.35. The first-order valence-electron chi connectivity index (χ1n) is 3.14. The summed E-state index contributed by atoms with van der Waals surface area (Å²) in [6.07, 6.45) is 0.203. The zero-order chi connectivity index (χ0) is 8.69. The quantitative estimate of drug-likeness (QED) is 0.485. The number of thioether (sulfide) groups is 1. The van der Waals surface area contributed by atoms with Crippen molar-refractivity contribution in [3.63, 3.8) is 0 Å². The summed E-state index contributed by atoms with van der Waals surface area (Å²) < 4.78 is 0. The van der Waals surface area contributed by atoms with E-state index in [1.807, 2.05) is 0 Å². The van der Waals surface area contributed by atoms with Gasteiger partial charge in [0.05, 0.1) is 12.8 Å². The Labute approximate surface area is 118 Å². The molecule has 0 saturated carbocycles. The zero-order valence-corrected chi connectivity index (χ0v) is 6.76. The molecule has 0 saturated heterocycles. The second kappa shape index (κ2) is 10.0. The molecule has 0 aliphatic carbocycles. The molecule has 0 aliphatic rings. The van der Waals surface area contributed by atoms with E-state index in [4.69, 9.17) is 10.2 Å². The van der Waals surface area contributed by atoms with Crippen LogP contribution in [0.4, 0.5) is 0 Å². The molecule has 0 aromatic carbocycles. The summed E-state index contributed by atoms with van der Waals surface area (Å²) in [6, 6.07) is 0. The fraction of sp³-hybridized carbons (Fsp3) is 0.667. The molecular formula is C6H11KO4S. The Morgan fingerprint density at radius 1 is 1.00 bits per heavy atom. The molecule has 0 atom stereocenters. The summed E-state index contributed by atoms with van der Waals surface area (Å²) in [7, 11) is 0. The van der Waals surface area contributed by atoms with E-state index in [9.17, 15) is 9.59 Å². The van der Waals surface area contributed by atoms with E-state index < -0.39 is 11.9 Å². The number of hydrogen-bond donors (Lipinski definition) is 2. The standard InChI is InChI=1S/C6H10O4S.K.H/c7-5(8)1-3-11-4-2-6(9)10;;/h1-4H2,(H,7,8)(H,9,10);;. The fourth-order valence-electron chi connectivity index (χ4n) is 0.421. The van der Waals surface area contributed by atoms with Gasteiger partial charge in [-0.25, -0.2) is 0 Å². The van der Waals surface area contributed by atoms with Gasteiger partial charge < -0.3 is 10.2 Å². The van der Waals surface area contributed by atoms with E-state index in [-0.39, 0.29) is 64.2 Å². The van der Waals surface area contributed by atoms with Crippen LogP contribution in [-0.4, -0.2) is 85.0 Å². The molecule has 0 aromatic heterocycles. The Bertz CT molecular complexity index is 134. The second-order valence-electron chi connectivity index (χ2n) is 1.90. The minimum absolute atomic E-state index is 0. The summed E-state index contributed by atoms with van der Waals surface area (Å²) in [5.74, 6) is -0.703. The maximum atomic E-state index is 9.97. The molecule has 0 rings (SSSR count). The van der Waals surface area contributed by atoms with E-state index in [1.165, 1.54) is 11.8 Å². The van der Waals surface area contributed by atoms with Crippen LogP contribution in [0, 0.1) is 0 Å². The average molecular weight is 218 g/mol.